The lowest BCUT2D eigenvalue weighted by molar-refractivity contribution is 0.379. The van der Waals surface area contributed by atoms with Gasteiger partial charge in [0.2, 0.25) is 5.89 Å². The maximum Gasteiger partial charge on any atom is 0.213 e. The normalized spacial score (nSPS) is 12.3. The van der Waals surface area contributed by atoms with Crippen molar-refractivity contribution in [1.82, 2.24) is 15.6 Å². The molecule has 2 rings (SSSR count). The molecule has 1 aromatic carbocycles. The first kappa shape index (κ1) is 19.8. The van der Waals surface area contributed by atoms with Gasteiger partial charge in [-0.15, -0.1) is 0 Å². The van der Waals surface area contributed by atoms with E-state index in [9.17, 15) is 5.11 Å². The molecule has 2 aromatic rings. The molecule has 6 heteroatoms. The average Bonchev–Trinajstić information content (AvgIpc) is 3.04. The third-order valence-electron chi connectivity index (χ3n) is 4.01. The van der Waals surface area contributed by atoms with E-state index in [1.807, 2.05) is 32.9 Å². The van der Waals surface area contributed by atoms with Crippen molar-refractivity contribution in [3.63, 3.8) is 0 Å². The Hall–Kier alpha value is -2.50. The van der Waals surface area contributed by atoms with E-state index in [1.54, 1.807) is 6.20 Å². The van der Waals surface area contributed by atoms with Crippen LogP contribution in [0.1, 0.15) is 56.0 Å². The first-order valence-electron chi connectivity index (χ1n) is 8.97. The van der Waals surface area contributed by atoms with Gasteiger partial charge in [-0.25, -0.2) is 9.98 Å². The molecule has 26 heavy (non-hydrogen) atoms. The topological polar surface area (TPSA) is 82.7 Å². The second-order valence-corrected chi connectivity index (χ2v) is 7.50. The van der Waals surface area contributed by atoms with Gasteiger partial charge >= 0.3 is 0 Å². The number of benzene rings is 1. The zero-order valence-electron chi connectivity index (χ0n) is 16.6. The Balaban J connectivity index is 2.04. The van der Waals surface area contributed by atoms with E-state index in [-0.39, 0.29) is 5.41 Å². The van der Waals surface area contributed by atoms with Crippen molar-refractivity contribution >= 4 is 5.96 Å². The summed E-state index contributed by atoms with van der Waals surface area (Å²) in [5.74, 6) is 2.55. The predicted molar refractivity (Wildman–Crippen MR) is 104 cm³/mol. The fourth-order valence-corrected chi connectivity index (χ4v) is 2.55. The molecule has 0 amide bonds. The van der Waals surface area contributed by atoms with Crippen LogP contribution in [0.2, 0.25) is 0 Å². The van der Waals surface area contributed by atoms with Crippen molar-refractivity contribution in [2.75, 3.05) is 6.54 Å². The summed E-state index contributed by atoms with van der Waals surface area (Å²) in [5.41, 5.74) is 2.73. The largest absolute Gasteiger partial charge is 0.507 e. The molecule has 0 aliphatic rings. The summed E-state index contributed by atoms with van der Waals surface area (Å²) in [7, 11) is 0. The molecule has 0 unspecified atom stereocenters. The van der Waals surface area contributed by atoms with E-state index < -0.39 is 0 Å². The number of phenolic OH excluding ortho intramolecular Hbond substituents is 1. The van der Waals surface area contributed by atoms with Crippen LogP contribution in [-0.4, -0.2) is 22.6 Å². The number of aliphatic imine (C=N–C) groups is 1. The molecule has 142 valence electrons. The van der Waals surface area contributed by atoms with Crippen LogP contribution < -0.4 is 10.6 Å². The minimum atomic E-state index is -0.0571. The summed E-state index contributed by atoms with van der Waals surface area (Å²) >= 11 is 0. The molecule has 3 N–H and O–H groups in total. The minimum absolute atomic E-state index is 0.0571. The molecule has 1 aromatic heterocycles. The quantitative estimate of drug-likeness (QED) is 0.562. The first-order valence-corrected chi connectivity index (χ1v) is 8.97. The van der Waals surface area contributed by atoms with E-state index >= 15 is 0 Å². The molecule has 0 fully saturated rings. The number of oxazole rings is 1. The fraction of sp³-hybridized carbons (Fsp3) is 0.500. The highest BCUT2D eigenvalue weighted by Gasteiger charge is 2.19. The maximum atomic E-state index is 9.88. The Morgan fingerprint density at radius 2 is 1.85 bits per heavy atom. The van der Waals surface area contributed by atoms with Crippen LogP contribution in [0.15, 0.2) is 27.7 Å². The Labute approximate surface area is 155 Å². The molecule has 0 spiro atoms. The Bertz CT molecular complexity index is 749. The summed E-state index contributed by atoms with van der Waals surface area (Å²) in [6, 6.07) is 3.91. The SMILES string of the molecule is CCNC(=NCc1cc(C)c(O)c(C)c1)NCc1ncc(C(C)(C)C)o1. The fourth-order valence-electron chi connectivity index (χ4n) is 2.55. The number of nitrogens with zero attached hydrogens (tertiary/aromatic N) is 2. The van der Waals surface area contributed by atoms with Crippen molar-refractivity contribution in [1.29, 1.82) is 0 Å². The summed E-state index contributed by atoms with van der Waals surface area (Å²) in [6.45, 7) is 13.9. The van der Waals surface area contributed by atoms with Crippen molar-refractivity contribution < 1.29 is 9.52 Å². The Morgan fingerprint density at radius 1 is 1.19 bits per heavy atom. The number of rotatable bonds is 5. The van der Waals surface area contributed by atoms with E-state index in [1.165, 1.54) is 0 Å². The van der Waals surface area contributed by atoms with Gasteiger partial charge in [0.1, 0.15) is 11.5 Å². The molecule has 0 saturated heterocycles. The molecular weight excluding hydrogens is 328 g/mol. The average molecular weight is 358 g/mol. The lowest BCUT2D eigenvalue weighted by atomic mass is 9.94. The van der Waals surface area contributed by atoms with E-state index in [0.29, 0.717) is 30.7 Å². The van der Waals surface area contributed by atoms with Crippen LogP contribution in [0.3, 0.4) is 0 Å². The molecule has 0 bridgehead atoms. The van der Waals surface area contributed by atoms with Crippen LogP contribution >= 0.6 is 0 Å². The summed E-state index contributed by atoms with van der Waals surface area (Å²) < 4.78 is 5.80. The number of aryl methyl sites for hydroxylation is 2. The zero-order valence-corrected chi connectivity index (χ0v) is 16.6. The number of nitrogens with one attached hydrogen (secondary N) is 2. The van der Waals surface area contributed by atoms with Gasteiger partial charge in [-0.1, -0.05) is 32.9 Å². The van der Waals surface area contributed by atoms with Crippen LogP contribution in [0.4, 0.5) is 0 Å². The minimum Gasteiger partial charge on any atom is -0.507 e. The van der Waals surface area contributed by atoms with Gasteiger partial charge in [-0.05, 0) is 37.5 Å². The van der Waals surface area contributed by atoms with E-state index in [0.717, 1.165) is 29.0 Å². The number of guanidine groups is 1. The lowest BCUT2D eigenvalue weighted by Crippen LogP contribution is -2.36. The smallest absolute Gasteiger partial charge is 0.213 e. The monoisotopic (exact) mass is 358 g/mol. The van der Waals surface area contributed by atoms with Crippen LogP contribution in [0.5, 0.6) is 5.75 Å². The highest BCUT2D eigenvalue weighted by atomic mass is 16.4. The predicted octanol–water partition coefficient (Wildman–Crippen LogP) is 3.55. The molecular formula is C20H30N4O2. The number of hydrogen-bond donors (Lipinski definition) is 3. The van der Waals surface area contributed by atoms with Crippen LogP contribution in [-0.2, 0) is 18.5 Å². The second kappa shape index (κ2) is 8.25. The number of phenols is 1. The molecule has 0 atom stereocenters. The van der Waals surface area contributed by atoms with Crippen LogP contribution in [0, 0.1) is 13.8 Å². The highest BCUT2D eigenvalue weighted by Crippen LogP contribution is 2.23. The van der Waals surface area contributed by atoms with Gasteiger partial charge in [0, 0.05) is 12.0 Å². The standard InChI is InChI=1S/C20H30N4O2/c1-7-21-19(23-10-15-8-13(2)18(25)14(3)9-15)24-12-17-22-11-16(26-17)20(4,5)6/h8-9,11,25H,7,10,12H2,1-6H3,(H2,21,23,24). The third-order valence-corrected chi connectivity index (χ3v) is 4.01. The Morgan fingerprint density at radius 3 is 2.38 bits per heavy atom. The highest BCUT2D eigenvalue weighted by molar-refractivity contribution is 5.79. The van der Waals surface area contributed by atoms with Gasteiger partial charge in [0.15, 0.2) is 5.96 Å². The molecule has 0 radical (unpaired) electrons. The molecule has 6 nitrogen and oxygen atoms in total. The van der Waals surface area contributed by atoms with E-state index in [2.05, 4.69) is 41.4 Å². The van der Waals surface area contributed by atoms with Gasteiger partial charge in [-0.2, -0.15) is 0 Å². The van der Waals surface area contributed by atoms with E-state index in [4.69, 9.17) is 4.42 Å². The number of aromatic hydroxyl groups is 1. The second-order valence-electron chi connectivity index (χ2n) is 7.50. The zero-order chi connectivity index (χ0) is 19.3. The maximum absolute atomic E-state index is 9.88. The van der Waals surface area contributed by atoms with Crippen molar-refractivity contribution in [2.45, 2.75) is 60.0 Å². The molecule has 0 saturated carbocycles. The van der Waals surface area contributed by atoms with Crippen LogP contribution in [0.25, 0.3) is 0 Å². The third kappa shape index (κ3) is 5.25. The summed E-state index contributed by atoms with van der Waals surface area (Å²) in [4.78, 5) is 8.94. The first-order chi connectivity index (χ1) is 12.2. The molecule has 0 aliphatic carbocycles. The van der Waals surface area contributed by atoms with Gasteiger partial charge in [0.05, 0.1) is 19.3 Å². The van der Waals surface area contributed by atoms with Crippen molar-refractivity contribution in [3.8, 4) is 5.75 Å². The summed E-state index contributed by atoms with van der Waals surface area (Å²) in [5, 5.41) is 16.4. The number of aromatic nitrogens is 1. The lowest BCUT2D eigenvalue weighted by Gasteiger charge is -2.13. The van der Waals surface area contributed by atoms with Crippen molar-refractivity contribution in [2.24, 2.45) is 4.99 Å². The molecule has 0 aliphatic heterocycles. The van der Waals surface area contributed by atoms with Gasteiger partial charge < -0.3 is 20.2 Å². The van der Waals surface area contributed by atoms with Crippen molar-refractivity contribution in [3.05, 3.63) is 46.7 Å². The molecule has 1 heterocycles. The van der Waals surface area contributed by atoms with Gasteiger partial charge in [-0.3, -0.25) is 0 Å². The summed E-state index contributed by atoms with van der Waals surface area (Å²) in [6.07, 6.45) is 1.78. The van der Waals surface area contributed by atoms with Gasteiger partial charge in [0.25, 0.3) is 0 Å². The Kier molecular flexibility index (Phi) is 6.29. The number of hydrogen-bond acceptors (Lipinski definition) is 4.